The van der Waals surface area contributed by atoms with E-state index in [0.717, 1.165) is 37.9 Å². The molecule has 4 aliphatic heterocycles. The Balaban J connectivity index is 1.20. The van der Waals surface area contributed by atoms with Gasteiger partial charge in [0.2, 0.25) is 11.8 Å². The quantitative estimate of drug-likeness (QED) is 0.633. The Kier molecular flexibility index (Phi) is 5.17. The summed E-state index contributed by atoms with van der Waals surface area (Å²) in [6, 6.07) is 5.33. The molecule has 0 aliphatic carbocycles. The fourth-order valence-electron chi connectivity index (χ4n) is 5.99. The zero-order valence-corrected chi connectivity index (χ0v) is 19.5. The third-order valence-electron chi connectivity index (χ3n) is 7.84. The van der Waals surface area contributed by atoms with E-state index in [1.54, 1.807) is 12.3 Å². The van der Waals surface area contributed by atoms with Crippen molar-refractivity contribution < 1.29 is 19.2 Å². The van der Waals surface area contributed by atoms with Gasteiger partial charge < -0.3 is 14.7 Å². The fraction of sp³-hybridized carbons (Fsp3) is 0.500. The van der Waals surface area contributed by atoms with E-state index in [9.17, 15) is 19.2 Å². The smallest absolute Gasteiger partial charge is 0.276 e. The van der Waals surface area contributed by atoms with E-state index in [1.807, 2.05) is 17.0 Å². The summed E-state index contributed by atoms with van der Waals surface area (Å²) in [7, 11) is 2.12. The summed E-state index contributed by atoms with van der Waals surface area (Å²) < 4.78 is 1.51. The number of fused-ring (bicyclic) bond motifs is 2. The predicted octanol–water partition coefficient (Wildman–Crippen LogP) is 0.337. The highest BCUT2D eigenvalue weighted by Gasteiger charge is 2.42. The number of piperidine rings is 2. The number of likely N-dealkylation sites (N-methyl/N-ethyl adjacent to an activating group) is 1. The summed E-state index contributed by atoms with van der Waals surface area (Å²) in [5.74, 6) is -1.11. The molecule has 3 unspecified atom stereocenters. The van der Waals surface area contributed by atoms with Gasteiger partial charge in [0.05, 0.1) is 11.9 Å². The van der Waals surface area contributed by atoms with Crippen molar-refractivity contribution in [2.24, 2.45) is 0 Å². The Labute approximate surface area is 202 Å². The molecule has 3 fully saturated rings. The summed E-state index contributed by atoms with van der Waals surface area (Å²) in [5, 5.41) is 10.6. The molecule has 3 atom stereocenters. The highest BCUT2D eigenvalue weighted by atomic mass is 16.2. The van der Waals surface area contributed by atoms with E-state index >= 15 is 0 Å². The first-order valence-electron chi connectivity index (χ1n) is 12.1. The number of imide groups is 1. The van der Waals surface area contributed by atoms with Gasteiger partial charge in [-0.3, -0.25) is 24.5 Å². The second-order valence-corrected chi connectivity index (χ2v) is 9.83. The first-order valence-corrected chi connectivity index (χ1v) is 12.1. The summed E-state index contributed by atoms with van der Waals surface area (Å²) in [5.41, 5.74) is 2.20. The average molecular weight is 478 g/mol. The minimum Gasteiger partial charge on any atom is -0.333 e. The Morgan fingerprint density at radius 2 is 1.94 bits per heavy atom. The first-order chi connectivity index (χ1) is 16.9. The van der Waals surface area contributed by atoms with Crippen LogP contribution in [0.5, 0.6) is 0 Å². The van der Waals surface area contributed by atoms with Crippen LogP contribution in [0.15, 0.2) is 24.4 Å². The molecule has 4 aliphatic rings. The van der Waals surface area contributed by atoms with E-state index in [0.29, 0.717) is 30.3 Å². The Morgan fingerprint density at radius 1 is 1.09 bits per heavy atom. The molecule has 1 aromatic heterocycles. The van der Waals surface area contributed by atoms with E-state index in [1.165, 1.54) is 9.58 Å². The summed E-state index contributed by atoms with van der Waals surface area (Å²) in [6.45, 7) is 2.10. The molecular formula is C24H27N7O4. The van der Waals surface area contributed by atoms with Crippen LogP contribution >= 0.6 is 0 Å². The number of rotatable bonds is 3. The van der Waals surface area contributed by atoms with E-state index in [4.69, 9.17) is 0 Å². The highest BCUT2D eigenvalue weighted by molar-refractivity contribution is 6.05. The molecular weight excluding hydrogens is 450 g/mol. The van der Waals surface area contributed by atoms with Crippen molar-refractivity contribution >= 4 is 23.6 Å². The summed E-state index contributed by atoms with van der Waals surface area (Å²) in [6.07, 6.45) is 5.20. The van der Waals surface area contributed by atoms with Crippen molar-refractivity contribution in [2.75, 3.05) is 20.1 Å². The van der Waals surface area contributed by atoms with Crippen LogP contribution in [-0.4, -0.2) is 91.6 Å². The molecule has 11 heteroatoms. The van der Waals surface area contributed by atoms with Gasteiger partial charge in [-0.15, -0.1) is 5.10 Å². The number of hydrogen-bond acceptors (Lipinski definition) is 7. The largest absolute Gasteiger partial charge is 0.333 e. The highest BCUT2D eigenvalue weighted by Crippen LogP contribution is 2.31. The lowest BCUT2D eigenvalue weighted by atomic mass is 9.97. The SMILES string of the molecule is CN1CCCC2C1CCN2C(=O)c1cn(-c2ccc3c(c2)C(=O)N(C2CCC(=O)NC2=O)C3)nn1. The lowest BCUT2D eigenvalue weighted by Crippen LogP contribution is -2.52. The maximum Gasteiger partial charge on any atom is 0.276 e. The lowest BCUT2D eigenvalue weighted by molar-refractivity contribution is -0.136. The zero-order chi connectivity index (χ0) is 24.3. The van der Waals surface area contributed by atoms with E-state index < -0.39 is 11.9 Å². The van der Waals surface area contributed by atoms with Gasteiger partial charge in [0.25, 0.3) is 11.8 Å². The molecule has 0 spiro atoms. The Hall–Kier alpha value is -3.60. The molecule has 11 nitrogen and oxygen atoms in total. The summed E-state index contributed by atoms with van der Waals surface area (Å²) in [4.78, 5) is 55.9. The molecule has 0 bridgehead atoms. The van der Waals surface area contributed by atoms with Gasteiger partial charge in [-0.05, 0) is 57.0 Å². The van der Waals surface area contributed by atoms with Gasteiger partial charge >= 0.3 is 0 Å². The standard InChI is InChI=1S/C24H27N7O4/c1-28-9-2-3-19-18(28)8-10-29(19)24(35)17-13-31(27-26-17)15-5-4-14-12-30(23(34)16(14)11-15)20-6-7-21(32)25-22(20)33/h4-5,11,13,18-20H,2-3,6-10,12H2,1H3,(H,25,32,33). The molecule has 0 radical (unpaired) electrons. The van der Waals surface area contributed by atoms with Gasteiger partial charge in [-0.1, -0.05) is 11.3 Å². The fourth-order valence-corrected chi connectivity index (χ4v) is 5.99. The van der Waals surface area contributed by atoms with Crippen LogP contribution in [-0.2, 0) is 16.1 Å². The van der Waals surface area contributed by atoms with E-state index in [2.05, 4.69) is 27.6 Å². The van der Waals surface area contributed by atoms with Crippen LogP contribution in [0.2, 0.25) is 0 Å². The average Bonchev–Trinajstić information content (AvgIpc) is 3.57. The van der Waals surface area contributed by atoms with Crippen LogP contribution in [0, 0.1) is 0 Å². The van der Waals surface area contributed by atoms with Crippen molar-refractivity contribution in [3.63, 3.8) is 0 Å². The number of carbonyl (C=O) groups excluding carboxylic acids is 4. The number of amides is 4. The first kappa shape index (κ1) is 21.9. The molecule has 4 amide bonds. The number of benzene rings is 1. The second-order valence-electron chi connectivity index (χ2n) is 9.83. The number of aromatic nitrogens is 3. The lowest BCUT2D eigenvalue weighted by Gasteiger charge is -2.37. The number of nitrogens with zero attached hydrogens (tertiary/aromatic N) is 6. The van der Waals surface area contributed by atoms with Gasteiger partial charge in [-0.2, -0.15) is 0 Å². The Morgan fingerprint density at radius 3 is 2.77 bits per heavy atom. The minimum absolute atomic E-state index is 0.111. The van der Waals surface area contributed by atoms with E-state index in [-0.39, 0.29) is 35.9 Å². The number of likely N-dealkylation sites (tertiary alicyclic amines) is 2. The molecule has 3 saturated heterocycles. The van der Waals surface area contributed by atoms with Crippen molar-refractivity contribution in [1.29, 1.82) is 0 Å². The van der Waals surface area contributed by atoms with Crippen LogP contribution < -0.4 is 5.32 Å². The van der Waals surface area contributed by atoms with Crippen LogP contribution in [0.4, 0.5) is 0 Å². The monoisotopic (exact) mass is 477 g/mol. The van der Waals surface area contributed by atoms with Crippen molar-refractivity contribution in [3.8, 4) is 5.69 Å². The molecule has 182 valence electrons. The minimum atomic E-state index is -0.658. The Bertz CT molecular complexity index is 1240. The third-order valence-corrected chi connectivity index (χ3v) is 7.84. The van der Waals surface area contributed by atoms with Crippen LogP contribution in [0.3, 0.4) is 0 Å². The van der Waals surface area contributed by atoms with Crippen molar-refractivity contribution in [3.05, 3.63) is 41.2 Å². The molecule has 5 heterocycles. The maximum atomic E-state index is 13.2. The molecule has 0 saturated carbocycles. The molecule has 6 rings (SSSR count). The predicted molar refractivity (Wildman–Crippen MR) is 122 cm³/mol. The third kappa shape index (κ3) is 3.61. The van der Waals surface area contributed by atoms with Gasteiger partial charge in [0.15, 0.2) is 5.69 Å². The van der Waals surface area contributed by atoms with Crippen molar-refractivity contribution in [1.82, 2.24) is 35.0 Å². The maximum absolute atomic E-state index is 13.2. The molecule has 1 aromatic carbocycles. The topological polar surface area (TPSA) is 121 Å². The number of carbonyl (C=O) groups is 4. The normalized spacial score (nSPS) is 26.7. The molecule has 2 aromatic rings. The molecule has 1 N–H and O–H groups in total. The molecule has 35 heavy (non-hydrogen) atoms. The zero-order valence-electron chi connectivity index (χ0n) is 19.5. The van der Waals surface area contributed by atoms with Gasteiger partial charge in [0.1, 0.15) is 6.04 Å². The van der Waals surface area contributed by atoms with Crippen LogP contribution in [0.1, 0.15) is 58.5 Å². The van der Waals surface area contributed by atoms with Crippen molar-refractivity contribution in [2.45, 2.75) is 56.8 Å². The number of nitrogens with one attached hydrogen (secondary N) is 1. The van der Waals surface area contributed by atoms with Gasteiger partial charge in [0, 0.05) is 37.2 Å². The van der Waals surface area contributed by atoms with Crippen LogP contribution in [0.25, 0.3) is 5.69 Å². The second kappa shape index (κ2) is 8.26. The summed E-state index contributed by atoms with van der Waals surface area (Å²) >= 11 is 0. The number of hydrogen-bond donors (Lipinski definition) is 1. The van der Waals surface area contributed by atoms with Gasteiger partial charge in [-0.25, -0.2) is 4.68 Å².